The van der Waals surface area contributed by atoms with Crippen molar-refractivity contribution in [2.75, 3.05) is 13.7 Å². The number of methoxy groups -OCH3 is 1. The van der Waals surface area contributed by atoms with Crippen LogP contribution in [0.3, 0.4) is 0 Å². The molecule has 0 aliphatic heterocycles. The lowest BCUT2D eigenvalue weighted by Crippen LogP contribution is -2.31. The second-order valence-corrected chi connectivity index (χ2v) is 6.37. The number of hydrogen-bond donors (Lipinski definition) is 1. The summed E-state index contributed by atoms with van der Waals surface area (Å²) in [5.74, 6) is 0.280. The summed E-state index contributed by atoms with van der Waals surface area (Å²) in [5.41, 5.74) is 0.616. The minimum Gasteiger partial charge on any atom is -0.495 e. The van der Waals surface area contributed by atoms with Crippen molar-refractivity contribution in [3.05, 3.63) is 52.4 Å². The first-order chi connectivity index (χ1) is 10.4. The number of nitrogens with zero attached hydrogens (tertiary/aromatic N) is 2. The van der Waals surface area contributed by atoms with Crippen LogP contribution < -0.4 is 15.0 Å². The van der Waals surface area contributed by atoms with Crippen LogP contribution in [-0.2, 0) is 16.6 Å². The first kappa shape index (κ1) is 16.2. The summed E-state index contributed by atoms with van der Waals surface area (Å²) in [5, 5.41) is 3.86. The number of benzene rings is 1. The van der Waals surface area contributed by atoms with Crippen LogP contribution in [0, 0.1) is 6.92 Å². The van der Waals surface area contributed by atoms with E-state index in [-0.39, 0.29) is 29.3 Å². The molecule has 0 amide bonds. The maximum Gasteiger partial charge on any atom is 0.266 e. The highest BCUT2D eigenvalue weighted by molar-refractivity contribution is 7.89. The molecule has 118 valence electrons. The standard InChI is InChI=1S/C14H17N3O4S/c1-11-5-6-13(12(10-11)21-2)22(19,20)16-8-9-17-14(18)4-3-7-15-17/h3-7,10,16H,8-9H2,1-2H3. The van der Waals surface area contributed by atoms with Crippen molar-refractivity contribution in [3.8, 4) is 5.75 Å². The molecule has 1 heterocycles. The molecule has 0 saturated heterocycles. The molecule has 0 bridgehead atoms. The number of aryl methyl sites for hydroxylation is 1. The molecule has 0 aliphatic carbocycles. The van der Waals surface area contributed by atoms with Gasteiger partial charge in [-0.3, -0.25) is 4.79 Å². The number of hydrogen-bond acceptors (Lipinski definition) is 5. The van der Waals surface area contributed by atoms with Crippen molar-refractivity contribution in [1.29, 1.82) is 0 Å². The third-order valence-electron chi connectivity index (χ3n) is 3.01. The SMILES string of the molecule is COc1cc(C)ccc1S(=O)(=O)NCCn1ncccc1=O. The Labute approximate surface area is 128 Å². The molecule has 2 rings (SSSR count). The maximum atomic E-state index is 12.3. The monoisotopic (exact) mass is 323 g/mol. The lowest BCUT2D eigenvalue weighted by molar-refractivity contribution is 0.402. The number of sulfonamides is 1. The molecular formula is C14H17N3O4S. The van der Waals surface area contributed by atoms with Crippen molar-refractivity contribution in [3.63, 3.8) is 0 Å². The van der Waals surface area contributed by atoms with Gasteiger partial charge in [0.1, 0.15) is 10.6 Å². The fourth-order valence-electron chi connectivity index (χ4n) is 1.92. The van der Waals surface area contributed by atoms with Gasteiger partial charge in [-0.1, -0.05) is 6.07 Å². The lowest BCUT2D eigenvalue weighted by atomic mass is 10.2. The molecule has 8 heteroatoms. The van der Waals surface area contributed by atoms with Crippen LogP contribution in [0.15, 0.2) is 46.2 Å². The van der Waals surface area contributed by atoms with Gasteiger partial charge in [0.2, 0.25) is 10.0 Å². The quantitative estimate of drug-likeness (QED) is 0.838. The highest BCUT2D eigenvalue weighted by Gasteiger charge is 2.19. The molecule has 0 atom stereocenters. The second-order valence-electron chi connectivity index (χ2n) is 4.64. The predicted octanol–water partition coefficient (Wildman–Crippen LogP) is 0.539. The minimum absolute atomic E-state index is 0.0519. The highest BCUT2D eigenvalue weighted by Crippen LogP contribution is 2.24. The van der Waals surface area contributed by atoms with E-state index >= 15 is 0 Å². The minimum atomic E-state index is -3.72. The average Bonchev–Trinajstić information content (AvgIpc) is 2.48. The van der Waals surface area contributed by atoms with Gasteiger partial charge >= 0.3 is 0 Å². The summed E-state index contributed by atoms with van der Waals surface area (Å²) in [7, 11) is -2.30. The largest absolute Gasteiger partial charge is 0.495 e. The van der Waals surface area contributed by atoms with Crippen molar-refractivity contribution in [1.82, 2.24) is 14.5 Å². The molecule has 22 heavy (non-hydrogen) atoms. The molecule has 0 spiro atoms. The van der Waals surface area contributed by atoms with Gasteiger partial charge < -0.3 is 4.74 Å². The molecule has 1 N–H and O–H groups in total. The Bertz CT molecular complexity index is 815. The van der Waals surface area contributed by atoms with E-state index in [4.69, 9.17) is 4.74 Å². The third kappa shape index (κ3) is 3.71. The zero-order valence-electron chi connectivity index (χ0n) is 12.3. The van der Waals surface area contributed by atoms with E-state index < -0.39 is 10.0 Å². The number of nitrogens with one attached hydrogen (secondary N) is 1. The molecule has 1 aromatic carbocycles. The smallest absolute Gasteiger partial charge is 0.266 e. The molecule has 2 aromatic rings. The van der Waals surface area contributed by atoms with Crippen LogP contribution in [0.25, 0.3) is 0 Å². The summed E-state index contributed by atoms with van der Waals surface area (Å²) < 4.78 is 33.3. The summed E-state index contributed by atoms with van der Waals surface area (Å²) >= 11 is 0. The Morgan fingerprint density at radius 1 is 1.32 bits per heavy atom. The van der Waals surface area contributed by atoms with Crippen molar-refractivity contribution >= 4 is 10.0 Å². The first-order valence-electron chi connectivity index (χ1n) is 6.60. The Kier molecular flexibility index (Phi) is 4.94. The fraction of sp³-hybridized carbons (Fsp3) is 0.286. The predicted molar refractivity (Wildman–Crippen MR) is 81.4 cm³/mol. The highest BCUT2D eigenvalue weighted by atomic mass is 32.2. The van der Waals surface area contributed by atoms with Crippen molar-refractivity contribution in [2.45, 2.75) is 18.4 Å². The Morgan fingerprint density at radius 3 is 2.77 bits per heavy atom. The Morgan fingerprint density at radius 2 is 2.09 bits per heavy atom. The molecule has 0 aliphatic rings. The van der Waals surface area contributed by atoms with E-state index in [1.807, 2.05) is 6.92 Å². The second kappa shape index (κ2) is 6.71. The maximum absolute atomic E-state index is 12.3. The molecule has 7 nitrogen and oxygen atoms in total. The van der Waals surface area contributed by atoms with Gasteiger partial charge in [-0.05, 0) is 30.7 Å². The van der Waals surface area contributed by atoms with E-state index in [1.54, 1.807) is 12.1 Å². The van der Waals surface area contributed by atoms with E-state index in [9.17, 15) is 13.2 Å². The van der Waals surface area contributed by atoms with Gasteiger partial charge in [-0.2, -0.15) is 5.10 Å². The van der Waals surface area contributed by atoms with Gasteiger partial charge in [-0.25, -0.2) is 17.8 Å². The summed E-state index contributed by atoms with van der Waals surface area (Å²) in [6.45, 7) is 2.04. The van der Waals surface area contributed by atoms with E-state index in [2.05, 4.69) is 9.82 Å². The van der Waals surface area contributed by atoms with Crippen molar-refractivity contribution in [2.24, 2.45) is 0 Å². The van der Waals surface area contributed by atoms with Crippen LogP contribution in [0.1, 0.15) is 5.56 Å². The average molecular weight is 323 g/mol. The number of ether oxygens (including phenoxy) is 1. The third-order valence-corrected chi connectivity index (χ3v) is 4.51. The van der Waals surface area contributed by atoms with Gasteiger partial charge in [-0.15, -0.1) is 0 Å². The van der Waals surface area contributed by atoms with Gasteiger partial charge in [0.25, 0.3) is 5.56 Å². The van der Waals surface area contributed by atoms with E-state index in [1.165, 1.54) is 36.2 Å². The van der Waals surface area contributed by atoms with Crippen LogP contribution in [-0.4, -0.2) is 31.9 Å². The van der Waals surface area contributed by atoms with Gasteiger partial charge in [0, 0.05) is 18.8 Å². The normalized spacial score (nSPS) is 11.4. The Hall–Kier alpha value is -2.19. The van der Waals surface area contributed by atoms with Crippen molar-refractivity contribution < 1.29 is 13.2 Å². The zero-order chi connectivity index (χ0) is 16.2. The van der Waals surface area contributed by atoms with Crippen LogP contribution >= 0.6 is 0 Å². The van der Waals surface area contributed by atoms with Crippen LogP contribution in [0.4, 0.5) is 0 Å². The molecule has 1 aromatic heterocycles. The first-order valence-corrected chi connectivity index (χ1v) is 8.09. The van der Waals surface area contributed by atoms with Gasteiger partial charge in [0.05, 0.1) is 13.7 Å². The number of aromatic nitrogens is 2. The molecule has 0 saturated carbocycles. The summed E-state index contributed by atoms with van der Waals surface area (Å²) in [6, 6.07) is 7.73. The van der Waals surface area contributed by atoms with E-state index in [0.29, 0.717) is 0 Å². The molecular weight excluding hydrogens is 306 g/mol. The van der Waals surface area contributed by atoms with Crippen LogP contribution in [0.2, 0.25) is 0 Å². The summed E-state index contributed by atoms with van der Waals surface area (Å²) in [6.07, 6.45) is 1.47. The molecule has 0 unspecified atom stereocenters. The Balaban J connectivity index is 2.12. The molecule has 0 fully saturated rings. The summed E-state index contributed by atoms with van der Waals surface area (Å²) in [4.78, 5) is 11.5. The topological polar surface area (TPSA) is 90.3 Å². The lowest BCUT2D eigenvalue weighted by Gasteiger charge is -2.11. The fourth-order valence-corrected chi connectivity index (χ4v) is 3.09. The van der Waals surface area contributed by atoms with Gasteiger partial charge in [0.15, 0.2) is 0 Å². The van der Waals surface area contributed by atoms with Crippen LogP contribution in [0.5, 0.6) is 5.75 Å². The van der Waals surface area contributed by atoms with E-state index in [0.717, 1.165) is 5.56 Å². The zero-order valence-corrected chi connectivity index (χ0v) is 13.1. The number of rotatable bonds is 6. The molecule has 0 radical (unpaired) electrons.